The van der Waals surface area contributed by atoms with E-state index in [1.54, 1.807) is 0 Å². The Kier molecular flexibility index (Phi) is 5.95. The van der Waals surface area contributed by atoms with Gasteiger partial charge in [-0.15, -0.1) is 0 Å². The maximum Gasteiger partial charge on any atom is 0.0547 e. The average Bonchev–Trinajstić information content (AvgIpc) is 2.27. The van der Waals surface area contributed by atoms with Crippen LogP contribution in [0.3, 0.4) is 0 Å². The van der Waals surface area contributed by atoms with Crippen LogP contribution in [0.5, 0.6) is 0 Å². The fraction of sp³-hybridized carbons (Fsp3) is 0.688. The summed E-state index contributed by atoms with van der Waals surface area (Å²) in [6.07, 6.45) is 0. The summed E-state index contributed by atoms with van der Waals surface area (Å²) in [6, 6.07) is 6.72. The first-order valence-electron chi connectivity index (χ1n) is 7.17. The molecule has 19 heavy (non-hydrogen) atoms. The normalized spacial score (nSPS) is 13.8. The standard InChI is InChI=1S/C16H29N3/c1-7-17-15(16(3,4)5)12-19(6)11-14-10-8-9-13(2)18-14/h8-10,15,17H,7,11-12H2,1-6H3. The molecule has 0 fully saturated rings. The minimum Gasteiger partial charge on any atom is -0.312 e. The lowest BCUT2D eigenvalue weighted by atomic mass is 9.86. The molecule has 3 nitrogen and oxygen atoms in total. The van der Waals surface area contributed by atoms with Crippen molar-refractivity contribution in [3.8, 4) is 0 Å². The van der Waals surface area contributed by atoms with Crippen LogP contribution in [0.4, 0.5) is 0 Å². The van der Waals surface area contributed by atoms with Crippen LogP contribution in [0.2, 0.25) is 0 Å². The molecule has 0 spiro atoms. The van der Waals surface area contributed by atoms with Gasteiger partial charge in [-0.2, -0.15) is 0 Å². The number of aryl methyl sites for hydroxylation is 1. The Morgan fingerprint density at radius 3 is 2.53 bits per heavy atom. The first-order chi connectivity index (χ1) is 8.82. The first-order valence-corrected chi connectivity index (χ1v) is 7.17. The van der Waals surface area contributed by atoms with Gasteiger partial charge in [-0.1, -0.05) is 33.8 Å². The zero-order valence-electron chi connectivity index (χ0n) is 13.3. The molecule has 1 aromatic rings. The van der Waals surface area contributed by atoms with E-state index in [0.717, 1.165) is 31.0 Å². The SMILES string of the molecule is CCNC(CN(C)Cc1cccc(C)n1)C(C)(C)C. The fourth-order valence-corrected chi connectivity index (χ4v) is 2.23. The Bertz CT molecular complexity index is 382. The second-order valence-electron chi connectivity index (χ2n) is 6.44. The highest BCUT2D eigenvalue weighted by Gasteiger charge is 2.24. The van der Waals surface area contributed by atoms with Crippen LogP contribution in [0, 0.1) is 12.3 Å². The van der Waals surface area contributed by atoms with Gasteiger partial charge in [0.2, 0.25) is 0 Å². The number of nitrogens with one attached hydrogen (secondary N) is 1. The van der Waals surface area contributed by atoms with E-state index in [2.05, 4.69) is 62.1 Å². The van der Waals surface area contributed by atoms with E-state index < -0.39 is 0 Å². The van der Waals surface area contributed by atoms with Gasteiger partial charge in [0.25, 0.3) is 0 Å². The van der Waals surface area contributed by atoms with Crippen molar-refractivity contribution in [2.75, 3.05) is 20.1 Å². The van der Waals surface area contributed by atoms with Gasteiger partial charge in [0.1, 0.15) is 0 Å². The van der Waals surface area contributed by atoms with Gasteiger partial charge in [-0.05, 0) is 38.1 Å². The molecule has 0 radical (unpaired) electrons. The minimum atomic E-state index is 0.268. The van der Waals surface area contributed by atoms with Crippen LogP contribution >= 0.6 is 0 Å². The quantitative estimate of drug-likeness (QED) is 0.855. The molecule has 1 rings (SSSR count). The Labute approximate surface area is 118 Å². The maximum absolute atomic E-state index is 4.57. The Morgan fingerprint density at radius 1 is 1.32 bits per heavy atom. The third-order valence-electron chi connectivity index (χ3n) is 3.37. The lowest BCUT2D eigenvalue weighted by molar-refractivity contribution is 0.191. The summed E-state index contributed by atoms with van der Waals surface area (Å²) >= 11 is 0. The minimum absolute atomic E-state index is 0.268. The highest BCUT2D eigenvalue weighted by atomic mass is 15.1. The van der Waals surface area contributed by atoms with Gasteiger partial charge >= 0.3 is 0 Å². The monoisotopic (exact) mass is 263 g/mol. The predicted octanol–water partition coefficient (Wildman–Crippen LogP) is 2.85. The smallest absolute Gasteiger partial charge is 0.0547 e. The third kappa shape index (κ3) is 5.70. The third-order valence-corrected chi connectivity index (χ3v) is 3.37. The van der Waals surface area contributed by atoms with Crippen molar-refractivity contribution in [3.05, 3.63) is 29.6 Å². The van der Waals surface area contributed by atoms with Crippen molar-refractivity contribution >= 4 is 0 Å². The zero-order valence-corrected chi connectivity index (χ0v) is 13.3. The van der Waals surface area contributed by atoms with E-state index in [9.17, 15) is 0 Å². The number of aromatic nitrogens is 1. The van der Waals surface area contributed by atoms with Gasteiger partial charge in [-0.3, -0.25) is 9.88 Å². The van der Waals surface area contributed by atoms with Gasteiger partial charge in [0, 0.05) is 24.8 Å². The van der Waals surface area contributed by atoms with Crippen LogP contribution in [0.25, 0.3) is 0 Å². The molecular weight excluding hydrogens is 234 g/mol. The molecule has 0 aliphatic heterocycles. The van der Waals surface area contributed by atoms with Crippen LogP contribution in [0.15, 0.2) is 18.2 Å². The van der Waals surface area contributed by atoms with Crippen molar-refractivity contribution in [2.45, 2.75) is 47.2 Å². The number of likely N-dealkylation sites (N-methyl/N-ethyl adjacent to an activating group) is 2. The second-order valence-corrected chi connectivity index (χ2v) is 6.44. The summed E-state index contributed by atoms with van der Waals surface area (Å²) < 4.78 is 0. The Hall–Kier alpha value is -0.930. The maximum atomic E-state index is 4.57. The second kappa shape index (κ2) is 7.01. The molecule has 3 heteroatoms. The molecular formula is C16H29N3. The summed E-state index contributed by atoms with van der Waals surface area (Å²) in [7, 11) is 2.17. The van der Waals surface area contributed by atoms with E-state index in [-0.39, 0.29) is 5.41 Å². The molecule has 1 heterocycles. The molecule has 0 aromatic carbocycles. The van der Waals surface area contributed by atoms with Crippen LogP contribution in [-0.4, -0.2) is 36.1 Å². The van der Waals surface area contributed by atoms with Gasteiger partial charge < -0.3 is 5.32 Å². The number of pyridine rings is 1. The fourth-order valence-electron chi connectivity index (χ4n) is 2.23. The first kappa shape index (κ1) is 16.1. The number of rotatable bonds is 6. The summed E-state index contributed by atoms with van der Waals surface area (Å²) in [5.74, 6) is 0. The van der Waals surface area contributed by atoms with Crippen LogP contribution in [0.1, 0.15) is 39.1 Å². The van der Waals surface area contributed by atoms with Crippen molar-refractivity contribution in [2.24, 2.45) is 5.41 Å². The van der Waals surface area contributed by atoms with E-state index in [0.29, 0.717) is 6.04 Å². The molecule has 0 bridgehead atoms. The number of hydrogen-bond acceptors (Lipinski definition) is 3. The molecule has 108 valence electrons. The number of hydrogen-bond donors (Lipinski definition) is 1. The summed E-state index contributed by atoms with van der Waals surface area (Å²) in [5.41, 5.74) is 2.50. The van der Waals surface area contributed by atoms with Gasteiger partial charge in [0.05, 0.1) is 5.69 Å². The van der Waals surface area contributed by atoms with Crippen molar-refractivity contribution in [1.82, 2.24) is 15.2 Å². The molecule has 1 aromatic heterocycles. The highest BCUT2D eigenvalue weighted by molar-refractivity contribution is 5.09. The number of nitrogens with zero attached hydrogens (tertiary/aromatic N) is 2. The topological polar surface area (TPSA) is 28.2 Å². The van der Waals surface area contributed by atoms with Crippen LogP contribution < -0.4 is 5.32 Å². The molecule has 0 amide bonds. The Balaban J connectivity index is 2.60. The molecule has 1 N–H and O–H groups in total. The Morgan fingerprint density at radius 2 is 2.00 bits per heavy atom. The van der Waals surface area contributed by atoms with Gasteiger partial charge in [-0.25, -0.2) is 0 Å². The molecule has 1 atom stereocenters. The van der Waals surface area contributed by atoms with Gasteiger partial charge in [0.15, 0.2) is 0 Å². The molecule has 0 saturated heterocycles. The van der Waals surface area contributed by atoms with E-state index in [1.165, 1.54) is 0 Å². The molecule has 0 aliphatic rings. The summed E-state index contributed by atoms with van der Waals surface area (Å²) in [6.45, 7) is 14.0. The summed E-state index contributed by atoms with van der Waals surface area (Å²) in [4.78, 5) is 6.91. The highest BCUT2D eigenvalue weighted by Crippen LogP contribution is 2.20. The lowest BCUT2D eigenvalue weighted by Gasteiger charge is -2.34. The lowest BCUT2D eigenvalue weighted by Crippen LogP contribution is -2.47. The van der Waals surface area contributed by atoms with Crippen molar-refractivity contribution in [1.29, 1.82) is 0 Å². The molecule has 0 saturated carbocycles. The zero-order chi connectivity index (χ0) is 14.5. The van der Waals surface area contributed by atoms with Crippen molar-refractivity contribution in [3.63, 3.8) is 0 Å². The van der Waals surface area contributed by atoms with E-state index >= 15 is 0 Å². The predicted molar refractivity (Wildman–Crippen MR) is 82.2 cm³/mol. The summed E-state index contributed by atoms with van der Waals surface area (Å²) in [5, 5.41) is 3.59. The largest absolute Gasteiger partial charge is 0.312 e. The van der Waals surface area contributed by atoms with Crippen molar-refractivity contribution < 1.29 is 0 Å². The van der Waals surface area contributed by atoms with E-state index in [4.69, 9.17) is 0 Å². The van der Waals surface area contributed by atoms with E-state index in [1.807, 2.05) is 13.0 Å². The average molecular weight is 263 g/mol. The molecule has 1 unspecified atom stereocenters. The molecule has 0 aliphatic carbocycles. The van der Waals surface area contributed by atoms with Crippen LogP contribution in [-0.2, 0) is 6.54 Å².